The standard InChI is InChI=1S/C12H17N3S/c1-4-9-14-15-11-8(3)6-5-7(2)10(11)13-12(15)16-9/h7-8H,4-6H2,1-3H3. The normalized spacial score (nSPS) is 24.9. The number of hydrogen-bond donors (Lipinski definition) is 0. The first kappa shape index (κ1) is 10.3. The van der Waals surface area contributed by atoms with Gasteiger partial charge in [0.2, 0.25) is 4.96 Å². The average molecular weight is 235 g/mol. The zero-order chi connectivity index (χ0) is 11.3. The van der Waals surface area contributed by atoms with E-state index in [0.29, 0.717) is 11.8 Å². The van der Waals surface area contributed by atoms with Crippen LogP contribution in [-0.4, -0.2) is 14.6 Å². The molecule has 1 aliphatic carbocycles. The molecule has 0 aromatic carbocycles. The van der Waals surface area contributed by atoms with Gasteiger partial charge >= 0.3 is 0 Å². The highest BCUT2D eigenvalue weighted by Crippen LogP contribution is 2.38. The molecule has 0 bridgehead atoms. The van der Waals surface area contributed by atoms with Crippen molar-refractivity contribution in [3.8, 4) is 0 Å². The minimum Gasteiger partial charge on any atom is -0.222 e. The van der Waals surface area contributed by atoms with E-state index in [1.54, 1.807) is 11.3 Å². The second-order valence-corrected chi connectivity index (χ2v) is 5.85. The molecule has 1 aliphatic rings. The van der Waals surface area contributed by atoms with Gasteiger partial charge in [-0.15, -0.1) is 0 Å². The topological polar surface area (TPSA) is 30.2 Å². The van der Waals surface area contributed by atoms with Crippen LogP contribution in [0.2, 0.25) is 0 Å². The number of nitrogens with zero attached hydrogens (tertiary/aromatic N) is 3. The second-order valence-electron chi connectivity index (χ2n) is 4.81. The van der Waals surface area contributed by atoms with Crippen molar-refractivity contribution in [1.29, 1.82) is 0 Å². The van der Waals surface area contributed by atoms with E-state index in [-0.39, 0.29) is 0 Å². The van der Waals surface area contributed by atoms with Crippen LogP contribution in [0, 0.1) is 0 Å². The Morgan fingerprint density at radius 3 is 2.81 bits per heavy atom. The van der Waals surface area contributed by atoms with Gasteiger partial charge in [0.1, 0.15) is 5.01 Å². The molecule has 86 valence electrons. The Morgan fingerprint density at radius 1 is 1.31 bits per heavy atom. The van der Waals surface area contributed by atoms with Crippen LogP contribution >= 0.6 is 11.3 Å². The molecule has 0 radical (unpaired) electrons. The Labute approximate surface area is 99.5 Å². The molecule has 0 saturated heterocycles. The van der Waals surface area contributed by atoms with Crippen molar-refractivity contribution in [2.45, 2.75) is 51.9 Å². The lowest BCUT2D eigenvalue weighted by Crippen LogP contribution is -2.12. The molecular formula is C12H17N3S. The molecule has 0 N–H and O–H groups in total. The summed E-state index contributed by atoms with van der Waals surface area (Å²) in [5.74, 6) is 1.21. The highest BCUT2D eigenvalue weighted by Gasteiger charge is 2.28. The minimum atomic E-state index is 0.602. The van der Waals surface area contributed by atoms with Crippen LogP contribution in [0.1, 0.15) is 61.8 Å². The van der Waals surface area contributed by atoms with Crippen molar-refractivity contribution in [2.24, 2.45) is 0 Å². The van der Waals surface area contributed by atoms with Gasteiger partial charge in [-0.25, -0.2) is 9.50 Å². The molecule has 2 aromatic heterocycles. The van der Waals surface area contributed by atoms with Gasteiger partial charge in [-0.2, -0.15) is 5.10 Å². The Kier molecular flexibility index (Phi) is 2.28. The van der Waals surface area contributed by atoms with Crippen LogP contribution < -0.4 is 0 Å². The minimum absolute atomic E-state index is 0.602. The SMILES string of the molecule is CCc1nn2c3c(nc2s1)C(C)CCC3C. The molecule has 3 nitrogen and oxygen atoms in total. The molecule has 16 heavy (non-hydrogen) atoms. The van der Waals surface area contributed by atoms with Crippen molar-refractivity contribution in [2.75, 3.05) is 0 Å². The molecule has 0 saturated carbocycles. The smallest absolute Gasteiger partial charge is 0.212 e. The number of aromatic nitrogens is 3. The molecule has 2 atom stereocenters. The van der Waals surface area contributed by atoms with E-state index in [1.807, 2.05) is 0 Å². The van der Waals surface area contributed by atoms with Gasteiger partial charge < -0.3 is 0 Å². The summed E-state index contributed by atoms with van der Waals surface area (Å²) >= 11 is 1.74. The number of aryl methyl sites for hydroxylation is 1. The fourth-order valence-electron chi connectivity index (χ4n) is 2.56. The molecule has 0 aliphatic heterocycles. The van der Waals surface area contributed by atoms with Gasteiger partial charge in [-0.3, -0.25) is 0 Å². The maximum absolute atomic E-state index is 4.77. The number of rotatable bonds is 1. The van der Waals surface area contributed by atoms with Crippen molar-refractivity contribution >= 4 is 16.3 Å². The zero-order valence-electron chi connectivity index (χ0n) is 10.0. The number of hydrogen-bond acceptors (Lipinski definition) is 3. The monoisotopic (exact) mass is 235 g/mol. The maximum Gasteiger partial charge on any atom is 0.212 e. The predicted molar refractivity (Wildman–Crippen MR) is 66.3 cm³/mol. The Bertz CT molecular complexity index is 526. The quantitative estimate of drug-likeness (QED) is 0.758. The fourth-order valence-corrected chi connectivity index (χ4v) is 3.41. The van der Waals surface area contributed by atoms with Gasteiger partial charge in [0.05, 0.1) is 11.4 Å². The van der Waals surface area contributed by atoms with E-state index in [0.717, 1.165) is 11.4 Å². The van der Waals surface area contributed by atoms with Crippen LogP contribution in [0.4, 0.5) is 0 Å². The summed E-state index contributed by atoms with van der Waals surface area (Å²) in [7, 11) is 0. The Morgan fingerprint density at radius 2 is 2.06 bits per heavy atom. The molecular weight excluding hydrogens is 218 g/mol. The van der Waals surface area contributed by atoms with E-state index in [9.17, 15) is 0 Å². The van der Waals surface area contributed by atoms with Crippen LogP contribution in [0.5, 0.6) is 0 Å². The summed E-state index contributed by atoms with van der Waals surface area (Å²) in [6.07, 6.45) is 3.54. The van der Waals surface area contributed by atoms with Crippen molar-refractivity contribution in [3.63, 3.8) is 0 Å². The molecule has 0 spiro atoms. The first-order valence-corrected chi connectivity index (χ1v) is 6.90. The lowest BCUT2D eigenvalue weighted by molar-refractivity contribution is 0.502. The lowest BCUT2D eigenvalue weighted by Gasteiger charge is -2.22. The lowest BCUT2D eigenvalue weighted by atomic mass is 9.85. The van der Waals surface area contributed by atoms with Gasteiger partial charge in [0, 0.05) is 11.8 Å². The van der Waals surface area contributed by atoms with Crippen LogP contribution in [0.15, 0.2) is 0 Å². The summed E-state index contributed by atoms with van der Waals surface area (Å²) in [6.45, 7) is 6.73. The van der Waals surface area contributed by atoms with Crippen molar-refractivity contribution < 1.29 is 0 Å². The largest absolute Gasteiger partial charge is 0.222 e. The predicted octanol–water partition coefficient (Wildman–Crippen LogP) is 3.35. The molecule has 2 heterocycles. The van der Waals surface area contributed by atoms with Crippen molar-refractivity contribution in [3.05, 3.63) is 16.4 Å². The third kappa shape index (κ3) is 1.32. The van der Waals surface area contributed by atoms with Crippen molar-refractivity contribution in [1.82, 2.24) is 14.6 Å². The highest BCUT2D eigenvalue weighted by atomic mass is 32.1. The first-order chi connectivity index (χ1) is 7.70. The first-order valence-electron chi connectivity index (χ1n) is 6.09. The molecule has 3 rings (SSSR count). The van der Waals surface area contributed by atoms with Crippen LogP contribution in [-0.2, 0) is 6.42 Å². The Balaban J connectivity index is 2.24. The van der Waals surface area contributed by atoms with Gasteiger partial charge in [0.15, 0.2) is 0 Å². The van der Waals surface area contributed by atoms with E-state index in [4.69, 9.17) is 4.98 Å². The third-order valence-electron chi connectivity index (χ3n) is 3.58. The van der Waals surface area contributed by atoms with E-state index >= 15 is 0 Å². The van der Waals surface area contributed by atoms with Crippen LogP contribution in [0.25, 0.3) is 4.96 Å². The molecule has 2 aromatic rings. The highest BCUT2D eigenvalue weighted by molar-refractivity contribution is 7.16. The summed E-state index contributed by atoms with van der Waals surface area (Å²) in [5.41, 5.74) is 2.66. The molecule has 2 unspecified atom stereocenters. The summed E-state index contributed by atoms with van der Waals surface area (Å²) in [4.78, 5) is 5.86. The van der Waals surface area contributed by atoms with Gasteiger partial charge in [-0.1, -0.05) is 32.1 Å². The summed E-state index contributed by atoms with van der Waals surface area (Å²) in [6, 6.07) is 0. The second kappa shape index (κ2) is 3.55. The van der Waals surface area contributed by atoms with Crippen LogP contribution in [0.3, 0.4) is 0 Å². The van der Waals surface area contributed by atoms with Gasteiger partial charge in [0.25, 0.3) is 0 Å². The fraction of sp³-hybridized carbons (Fsp3) is 0.667. The maximum atomic E-state index is 4.77. The average Bonchev–Trinajstić information content (AvgIpc) is 2.80. The van der Waals surface area contributed by atoms with Gasteiger partial charge in [-0.05, 0) is 19.3 Å². The molecule has 0 fully saturated rings. The number of fused-ring (bicyclic) bond motifs is 3. The van der Waals surface area contributed by atoms with E-state index in [1.165, 1.54) is 29.2 Å². The molecule has 4 heteroatoms. The van der Waals surface area contributed by atoms with E-state index < -0.39 is 0 Å². The molecule has 0 amide bonds. The summed E-state index contributed by atoms with van der Waals surface area (Å²) in [5, 5.41) is 5.85. The number of imidazole rings is 1. The third-order valence-corrected chi connectivity index (χ3v) is 4.63. The Hall–Kier alpha value is -0.900. The van der Waals surface area contributed by atoms with E-state index in [2.05, 4.69) is 30.4 Å². The zero-order valence-corrected chi connectivity index (χ0v) is 10.8. The summed E-state index contributed by atoms with van der Waals surface area (Å²) < 4.78 is 2.10.